The Balaban J connectivity index is 0.000000290. The van der Waals surface area contributed by atoms with E-state index < -0.39 is 11.9 Å². The second-order valence-electron chi connectivity index (χ2n) is 34.5. The number of hydrogen-bond acceptors (Lipinski definition) is 25. The maximum Gasteiger partial charge on any atom is 0.355 e. The lowest BCUT2D eigenvalue weighted by Gasteiger charge is -2.17. The summed E-state index contributed by atoms with van der Waals surface area (Å²) < 4.78 is 20.6. The van der Waals surface area contributed by atoms with Gasteiger partial charge in [-0.3, -0.25) is 47.9 Å². The maximum atomic E-state index is 12.5. The summed E-state index contributed by atoms with van der Waals surface area (Å²) in [5, 5.41) is 32.2. The number of thiazole rings is 4. The van der Waals surface area contributed by atoms with Gasteiger partial charge in [0.15, 0.2) is 43.2 Å². The number of aromatic carboxylic acids is 1. The van der Waals surface area contributed by atoms with Crippen molar-refractivity contribution in [1.82, 2.24) is 29.9 Å². The van der Waals surface area contributed by atoms with Crippen molar-refractivity contribution in [3.63, 3.8) is 0 Å². The number of methoxy groups -OCH3 is 3. The van der Waals surface area contributed by atoms with Crippen LogP contribution < -0.4 is 57.7 Å². The van der Waals surface area contributed by atoms with Gasteiger partial charge in [-0.15, -0.1) is 57.8 Å². The molecule has 0 aliphatic carbocycles. The number of rotatable bonds is 22. The van der Waals surface area contributed by atoms with Gasteiger partial charge in [0.1, 0.15) is 40.2 Å². The average Bonchev–Trinajstić information content (AvgIpc) is 1.77. The zero-order valence-electron chi connectivity index (χ0n) is 81.8. The summed E-state index contributed by atoms with van der Waals surface area (Å²) in [6.07, 6.45) is 1.05. The van der Waals surface area contributed by atoms with Crippen LogP contribution in [0.4, 0.5) is 37.6 Å². The first kappa shape index (κ1) is 121. The van der Waals surface area contributed by atoms with Gasteiger partial charge in [-0.1, -0.05) is 191 Å². The number of carbonyl (C=O) groups excluding carboxylic acids is 9. The molecule has 28 nitrogen and oxygen atoms in total. The number of aromatic amines is 1. The van der Waals surface area contributed by atoms with Crippen molar-refractivity contribution >= 4 is 283 Å². The molecule has 5 amide bonds. The molecule has 13 rings (SSSR count). The number of carboxylic acid groups (broad SMARTS) is 1. The number of carbonyl (C=O) groups is 10. The first-order valence-corrected chi connectivity index (χ1v) is 51.8. The van der Waals surface area contributed by atoms with Gasteiger partial charge >= 0.3 is 5.97 Å². The van der Waals surface area contributed by atoms with Crippen molar-refractivity contribution < 1.29 is 67.3 Å². The minimum Gasteiger partial charge on any atom is -0.495 e. The molecule has 0 saturated heterocycles. The molecule has 141 heavy (non-hydrogen) atoms. The first-order chi connectivity index (χ1) is 65.5. The van der Waals surface area contributed by atoms with Crippen LogP contribution in [0, 0.1) is 62.2 Å². The van der Waals surface area contributed by atoms with E-state index in [0.717, 1.165) is 68.3 Å². The highest BCUT2D eigenvalue weighted by atomic mass is 79.9. The molecule has 13 aromatic rings. The number of ketones is 4. The topological polar surface area (TPSA) is 428 Å². The highest BCUT2D eigenvalue weighted by Gasteiger charge is 2.27. The Labute approximate surface area is 897 Å². The molecule has 0 radical (unpaired) electrons. The SMILES string of the molecule is CC(=O)c1ccc(C)c(Br)c1N.CC(C)C(=O)Nc1nc(C(=O)O)cs1.COc1ccc(C(C)=O)c(NC(=O)c2csc(NC(=O)C(C)C)n2)c1Br.COc1ccc2c(=O)cc(-c3csc(NC(=O)C(C)C)n3)[nH]c2c1Br.COc1ccc2c(Cl)cc(-c3csc(NC(=O)C(C)C)n3)nc2c1Br.Cc1cccc(CC(=O)C(C)(C)C)c1.Cc1cccc(CC(=O)C(C)(C)C)c1Br.Cc1cccc(N)c1Br.Cl. The molecule has 0 fully saturated rings. The Hall–Kier alpha value is -10.4. The van der Waals surface area contributed by atoms with E-state index in [1.165, 1.54) is 77.1 Å². The summed E-state index contributed by atoms with van der Waals surface area (Å²) in [6.45, 7) is 37.0. The molecule has 6 aromatic heterocycles. The maximum absolute atomic E-state index is 12.5. The second-order valence-corrected chi connectivity index (χ2v) is 43.1. The number of ether oxygens (including phenoxy) is 3. The predicted octanol–water partition coefficient (Wildman–Crippen LogP) is 27.2. The smallest absolute Gasteiger partial charge is 0.355 e. The number of aromatic nitrogens is 6. The second kappa shape index (κ2) is 56.1. The summed E-state index contributed by atoms with van der Waals surface area (Å²) >= 11 is 31.9. The van der Waals surface area contributed by atoms with Crippen LogP contribution in [0.1, 0.15) is 186 Å². The van der Waals surface area contributed by atoms with Gasteiger partial charge in [0.25, 0.3) is 5.91 Å². The van der Waals surface area contributed by atoms with E-state index in [1.807, 2.05) is 175 Å². The number of aryl methyl sites for hydroxylation is 4. The standard InChI is InChI=1S/C17H15BrClN3O2S.C17H18BrN3O4S.C17H16BrN3O3S.C13H17BrO.C13H18O.C9H10BrNO.C8H10N2O3S.C7H8BrN.ClH/c1-8(2)16(23)22-17-21-12(7-25-17)11-6-10(19)9-4-5-13(24-3)14(18)15(9)20-11;1-8(2)15(23)21-17-19-11(7-26-17)16(24)20-14-10(9(3)22)5-6-12(25-4)13(14)18;1-8(2)16(23)21-17-20-11(7-25-17)10-6-12(22)9-4-5-13(24-3)14(18)15(9)19-10;1-9-6-5-7-10(12(9)14)8-11(15)13(2,3)4;1-10-6-5-7-11(8-10)9-12(14)13(2,3)4;1-5-3-4-7(6(2)12)9(11)8(5)10;1-4(2)6(11)10-8-9-5(3-14-8)7(12)13;1-5-3-2-4-6(9)7(5)8;/h4-8H,1-3H3,(H,21,22,23);5-8H,1-4H3,(H,20,24)(H,19,21,23);4-8H,1-3H3,(H,19,22)(H,20,21,23);5-7H,8H2,1-4H3;5-8H,9H2,1-4H3;3-4H,11H2,1-2H3;3-4H,1-2H3,(H,12,13)(H,9,10,11);2-4H,9H2,1H3;1H. The third kappa shape index (κ3) is 36.2. The zero-order chi connectivity index (χ0) is 105. The van der Waals surface area contributed by atoms with E-state index in [0.29, 0.717) is 132 Å². The Bertz CT molecular complexity index is 6730. The summed E-state index contributed by atoms with van der Waals surface area (Å²) in [5.41, 5.74) is 23.9. The number of fused-ring (bicyclic) bond motifs is 2. The number of nitrogens with zero attached hydrogens (tertiary/aromatic N) is 5. The van der Waals surface area contributed by atoms with Gasteiger partial charge in [-0.05, 0) is 204 Å². The van der Waals surface area contributed by atoms with Gasteiger partial charge in [0.2, 0.25) is 23.6 Å². The lowest BCUT2D eigenvalue weighted by molar-refractivity contribution is -0.126. The van der Waals surface area contributed by atoms with E-state index in [4.69, 9.17) is 42.4 Å². The number of nitrogens with two attached hydrogens (primary N) is 2. The predicted molar refractivity (Wildman–Crippen MR) is 596 cm³/mol. The fourth-order valence-corrected chi connectivity index (χ4v) is 17.2. The van der Waals surface area contributed by atoms with Gasteiger partial charge in [0.05, 0.1) is 79.3 Å². The number of nitrogen functional groups attached to an aromatic ring is 2. The van der Waals surface area contributed by atoms with Crippen molar-refractivity contribution in [3.8, 4) is 40.0 Å². The van der Waals surface area contributed by atoms with Crippen LogP contribution in [0.5, 0.6) is 17.2 Å². The highest BCUT2D eigenvalue weighted by Crippen LogP contribution is 2.41. The number of Topliss-reactive ketones (excluding diaryl/α,β-unsaturated/α-hetero) is 4. The number of anilines is 7. The molecule has 6 heterocycles. The molecular weight excluding hydrogens is 2310 g/mol. The summed E-state index contributed by atoms with van der Waals surface area (Å²) in [4.78, 5) is 153. The minimum atomic E-state index is -1.09. The number of benzene rings is 7. The molecule has 0 aliphatic rings. The van der Waals surface area contributed by atoms with Crippen LogP contribution in [0.25, 0.3) is 44.6 Å². The number of pyridine rings is 2. The Kier molecular flexibility index (Phi) is 48.1. The molecule has 40 heteroatoms. The van der Waals surface area contributed by atoms with Crippen molar-refractivity contribution in [2.75, 3.05) is 59.4 Å². The van der Waals surface area contributed by atoms with E-state index in [-0.39, 0.29) is 105 Å². The highest BCUT2D eigenvalue weighted by molar-refractivity contribution is 9.11. The Morgan fingerprint density at radius 2 is 0.894 bits per heavy atom. The monoisotopic (exact) mass is 2420 g/mol. The lowest BCUT2D eigenvalue weighted by atomic mass is 9.87. The molecule has 0 spiro atoms. The van der Waals surface area contributed by atoms with Crippen LogP contribution in [-0.4, -0.2) is 115 Å². The zero-order valence-corrected chi connectivity index (χ0v) is 96.2. The Morgan fingerprint density at radius 3 is 1.38 bits per heavy atom. The fraction of sp³-hybridized carbons (Fsp3) is 0.307. The van der Waals surface area contributed by atoms with Crippen molar-refractivity contribution in [2.24, 2.45) is 34.5 Å². The fourth-order valence-electron chi connectivity index (χ4n) is 11.4. The Morgan fingerprint density at radius 1 is 0.461 bits per heavy atom. The molecule has 0 saturated carbocycles. The van der Waals surface area contributed by atoms with Crippen LogP contribution in [0.2, 0.25) is 5.02 Å². The van der Waals surface area contributed by atoms with Gasteiger partial charge in [0, 0.05) is 116 Å². The van der Waals surface area contributed by atoms with Gasteiger partial charge in [-0.2, -0.15) is 0 Å². The summed E-state index contributed by atoms with van der Waals surface area (Å²) in [6, 6.07) is 37.3. The van der Waals surface area contributed by atoms with E-state index in [2.05, 4.69) is 158 Å². The largest absolute Gasteiger partial charge is 0.495 e. The van der Waals surface area contributed by atoms with E-state index >= 15 is 0 Å². The molecule has 0 atom stereocenters. The summed E-state index contributed by atoms with van der Waals surface area (Å²) in [7, 11) is 4.66. The van der Waals surface area contributed by atoms with Crippen LogP contribution in [-0.2, 0) is 41.6 Å². The quantitative estimate of drug-likeness (QED) is 0.0225. The molecular formula is C101H113Br6Cl2N13O15S4. The third-order valence-electron chi connectivity index (χ3n) is 19.9. The molecule has 11 N–H and O–H groups in total. The minimum absolute atomic E-state index is 0. The average molecular weight is 2430 g/mol. The van der Waals surface area contributed by atoms with Crippen molar-refractivity contribution in [3.05, 3.63) is 241 Å². The number of halogens is 8. The normalized spacial score (nSPS) is 10.7. The van der Waals surface area contributed by atoms with Gasteiger partial charge in [-0.25, -0.2) is 29.7 Å². The van der Waals surface area contributed by atoms with Crippen LogP contribution in [0.15, 0.2) is 174 Å². The van der Waals surface area contributed by atoms with Crippen LogP contribution in [0.3, 0.4) is 0 Å². The first-order valence-electron chi connectivity index (χ1n) is 43.2. The van der Waals surface area contributed by atoms with E-state index in [9.17, 15) is 52.7 Å². The molecule has 0 bridgehead atoms. The number of hydrogen-bond donors (Lipinski definition) is 9. The third-order valence-corrected chi connectivity index (χ3v) is 28.8. The molecule has 752 valence electrons. The molecule has 0 unspecified atom stereocenters. The number of H-pyrrole nitrogens is 1. The summed E-state index contributed by atoms with van der Waals surface area (Å²) in [5.74, 6) is -0.538. The number of carboxylic acids is 1. The number of amides is 5. The molecule has 0 aliphatic heterocycles. The number of nitrogens with one attached hydrogen (secondary N) is 6. The van der Waals surface area contributed by atoms with Crippen LogP contribution >= 0.6 is 165 Å². The molecule has 7 aromatic carbocycles. The van der Waals surface area contributed by atoms with Gasteiger partial charge < -0.3 is 62.4 Å². The van der Waals surface area contributed by atoms with Crippen molar-refractivity contribution in [1.29, 1.82) is 0 Å². The van der Waals surface area contributed by atoms with E-state index in [1.54, 1.807) is 83.7 Å². The van der Waals surface area contributed by atoms with Crippen molar-refractivity contribution in [2.45, 2.75) is 151 Å². The lowest BCUT2D eigenvalue weighted by Crippen LogP contribution is -2.22.